The van der Waals surface area contributed by atoms with Crippen LogP contribution in [0.4, 0.5) is 11.4 Å². The number of anilines is 2. The Labute approximate surface area is 159 Å². The molecule has 0 fully saturated rings. The number of ether oxygens (including phenoxy) is 1. The third-order valence-electron chi connectivity index (χ3n) is 4.81. The predicted molar refractivity (Wildman–Crippen MR) is 102 cm³/mol. The molecule has 2 aromatic carbocycles. The molecule has 4 rings (SSSR count). The van der Waals surface area contributed by atoms with Gasteiger partial charge in [0.2, 0.25) is 11.8 Å². The minimum atomic E-state index is -1.32. The number of nitrogens with zero attached hydrogens (tertiary/aromatic N) is 2. The molecule has 0 aromatic heterocycles. The van der Waals surface area contributed by atoms with Gasteiger partial charge in [-0.2, -0.15) is 5.26 Å². The molecule has 6 nitrogen and oxygen atoms in total. The van der Waals surface area contributed by atoms with Gasteiger partial charge in [-0.15, -0.1) is 0 Å². The molecule has 1 spiro atoms. The van der Waals surface area contributed by atoms with Crippen molar-refractivity contribution < 1.29 is 9.53 Å². The third-order valence-corrected chi connectivity index (χ3v) is 5.31. The Bertz CT molecular complexity index is 1040. The molecule has 2 aliphatic rings. The van der Waals surface area contributed by atoms with E-state index in [0.717, 1.165) is 10.2 Å². The van der Waals surface area contributed by atoms with Crippen molar-refractivity contribution in [2.45, 2.75) is 5.41 Å². The summed E-state index contributed by atoms with van der Waals surface area (Å²) < 4.78 is 6.53. The molecular weight excluding hydrogens is 396 g/mol. The number of halogens is 1. The highest BCUT2D eigenvalue weighted by Crippen LogP contribution is 2.54. The average Bonchev–Trinajstić information content (AvgIpc) is 2.87. The Kier molecular flexibility index (Phi) is 3.49. The fraction of sp³-hybridized carbons (Fsp3) is 0.158. The fourth-order valence-corrected chi connectivity index (χ4v) is 3.96. The summed E-state index contributed by atoms with van der Waals surface area (Å²) in [7, 11) is 3.82. The average molecular weight is 411 g/mol. The van der Waals surface area contributed by atoms with Crippen molar-refractivity contribution in [2.75, 3.05) is 24.3 Å². The van der Waals surface area contributed by atoms with Crippen LogP contribution in [0, 0.1) is 11.3 Å². The van der Waals surface area contributed by atoms with Crippen molar-refractivity contribution >= 4 is 33.2 Å². The van der Waals surface area contributed by atoms with E-state index in [1.807, 2.05) is 49.3 Å². The Morgan fingerprint density at radius 2 is 2.00 bits per heavy atom. The Morgan fingerprint density at radius 1 is 1.23 bits per heavy atom. The fourth-order valence-electron chi connectivity index (χ4n) is 3.60. The number of benzene rings is 2. The molecule has 0 bridgehead atoms. The highest BCUT2D eigenvalue weighted by molar-refractivity contribution is 9.10. The molecule has 3 N–H and O–H groups in total. The zero-order valence-corrected chi connectivity index (χ0v) is 15.7. The van der Waals surface area contributed by atoms with E-state index < -0.39 is 5.41 Å². The number of rotatable bonds is 1. The van der Waals surface area contributed by atoms with E-state index in [4.69, 9.17) is 10.5 Å². The summed E-state index contributed by atoms with van der Waals surface area (Å²) in [4.78, 5) is 15.1. The highest BCUT2D eigenvalue weighted by Gasteiger charge is 2.56. The summed E-state index contributed by atoms with van der Waals surface area (Å²) >= 11 is 3.46. The first-order valence-electron chi connectivity index (χ1n) is 7.91. The van der Waals surface area contributed by atoms with E-state index in [2.05, 4.69) is 27.3 Å². The van der Waals surface area contributed by atoms with E-state index in [9.17, 15) is 10.1 Å². The van der Waals surface area contributed by atoms with Gasteiger partial charge in [0.25, 0.3) is 0 Å². The van der Waals surface area contributed by atoms with Gasteiger partial charge in [-0.1, -0.05) is 22.0 Å². The molecule has 2 aliphatic heterocycles. The van der Waals surface area contributed by atoms with Crippen molar-refractivity contribution in [3.05, 3.63) is 63.5 Å². The van der Waals surface area contributed by atoms with Crippen molar-refractivity contribution in [1.29, 1.82) is 5.26 Å². The molecule has 1 atom stereocenters. The topological polar surface area (TPSA) is 91.4 Å². The van der Waals surface area contributed by atoms with Gasteiger partial charge in [0.05, 0.1) is 0 Å². The quantitative estimate of drug-likeness (QED) is 0.753. The van der Waals surface area contributed by atoms with Crippen LogP contribution in [-0.2, 0) is 10.2 Å². The van der Waals surface area contributed by atoms with Gasteiger partial charge in [-0.3, -0.25) is 4.79 Å². The third kappa shape index (κ3) is 1.99. The first-order valence-corrected chi connectivity index (χ1v) is 8.70. The largest absolute Gasteiger partial charge is 0.440 e. The van der Waals surface area contributed by atoms with Crippen LogP contribution in [0.25, 0.3) is 0 Å². The number of fused-ring (bicyclic) bond motifs is 4. The van der Waals surface area contributed by atoms with Crippen LogP contribution in [0.15, 0.2) is 52.3 Å². The van der Waals surface area contributed by atoms with Crippen molar-refractivity contribution in [2.24, 2.45) is 5.73 Å². The van der Waals surface area contributed by atoms with E-state index in [1.54, 1.807) is 6.07 Å². The zero-order valence-electron chi connectivity index (χ0n) is 14.1. The molecule has 1 amide bonds. The number of nitrogens with one attached hydrogen (secondary N) is 1. The number of hydrogen-bond donors (Lipinski definition) is 2. The molecule has 130 valence electrons. The van der Waals surface area contributed by atoms with Crippen LogP contribution in [0.1, 0.15) is 11.1 Å². The lowest BCUT2D eigenvalue weighted by molar-refractivity contribution is -0.118. The van der Waals surface area contributed by atoms with Gasteiger partial charge in [0.15, 0.2) is 0 Å². The van der Waals surface area contributed by atoms with Crippen LogP contribution in [-0.4, -0.2) is 20.0 Å². The molecule has 0 saturated carbocycles. The van der Waals surface area contributed by atoms with Gasteiger partial charge in [-0.05, 0) is 24.3 Å². The lowest BCUT2D eigenvalue weighted by atomic mass is 9.69. The minimum Gasteiger partial charge on any atom is -0.440 e. The van der Waals surface area contributed by atoms with Crippen molar-refractivity contribution in [3.8, 4) is 11.8 Å². The van der Waals surface area contributed by atoms with Gasteiger partial charge in [-0.25, -0.2) is 0 Å². The number of carbonyl (C=O) groups excluding carboxylic acids is 1. The van der Waals surface area contributed by atoms with Crippen LogP contribution in [0.2, 0.25) is 0 Å². The minimum absolute atomic E-state index is 0.0566. The molecular formula is C19H15BrN4O2. The van der Waals surface area contributed by atoms with Crippen LogP contribution in [0.3, 0.4) is 0 Å². The summed E-state index contributed by atoms with van der Waals surface area (Å²) in [5, 5.41) is 12.7. The maximum Gasteiger partial charge on any atom is 0.245 e. The summed E-state index contributed by atoms with van der Waals surface area (Å²) in [5.41, 5.74) is 7.68. The summed E-state index contributed by atoms with van der Waals surface area (Å²) in [6.45, 7) is 0. The normalized spacial score (nSPS) is 20.2. The van der Waals surface area contributed by atoms with Crippen molar-refractivity contribution in [3.63, 3.8) is 0 Å². The molecule has 7 heteroatoms. The Morgan fingerprint density at radius 3 is 2.69 bits per heavy atom. The first kappa shape index (κ1) is 16.5. The molecule has 0 radical (unpaired) electrons. The molecule has 2 aromatic rings. The number of amides is 1. The molecule has 0 aliphatic carbocycles. The number of nitriles is 1. The molecule has 1 unspecified atom stereocenters. The summed E-state index contributed by atoms with van der Waals surface area (Å²) in [6.07, 6.45) is 0. The molecule has 2 heterocycles. The van der Waals surface area contributed by atoms with E-state index in [0.29, 0.717) is 22.6 Å². The second-order valence-corrected chi connectivity index (χ2v) is 7.34. The SMILES string of the molecule is CN(C)c1ccc2c(c1)OC(N)=C(C#N)C21C(=O)Nc2ccc(Br)cc21. The van der Waals surface area contributed by atoms with E-state index in [-0.39, 0.29) is 17.4 Å². The van der Waals surface area contributed by atoms with E-state index >= 15 is 0 Å². The van der Waals surface area contributed by atoms with Gasteiger partial charge in [0, 0.05) is 47.1 Å². The van der Waals surface area contributed by atoms with Crippen LogP contribution >= 0.6 is 15.9 Å². The maximum atomic E-state index is 13.2. The standard InChI is InChI=1S/C19H15BrN4O2/c1-24(2)11-4-5-12-16(8-11)26-17(22)14(9-21)19(12)13-7-10(20)3-6-15(13)23-18(19)25/h3-8H,22H2,1-2H3,(H,23,25). The summed E-state index contributed by atoms with van der Waals surface area (Å²) in [6, 6.07) is 13.1. The number of nitrogens with two attached hydrogens (primary N) is 1. The zero-order chi connectivity index (χ0) is 18.6. The van der Waals surface area contributed by atoms with Gasteiger partial charge < -0.3 is 20.7 Å². The number of hydrogen-bond acceptors (Lipinski definition) is 5. The second kappa shape index (κ2) is 5.51. The Hall–Kier alpha value is -2.98. The number of carbonyl (C=O) groups is 1. The molecule has 26 heavy (non-hydrogen) atoms. The lowest BCUT2D eigenvalue weighted by Crippen LogP contribution is -2.42. The monoisotopic (exact) mass is 410 g/mol. The molecule has 0 saturated heterocycles. The van der Waals surface area contributed by atoms with Crippen LogP contribution in [0.5, 0.6) is 5.75 Å². The predicted octanol–water partition coefficient (Wildman–Crippen LogP) is 2.84. The van der Waals surface area contributed by atoms with Crippen molar-refractivity contribution in [1.82, 2.24) is 0 Å². The smallest absolute Gasteiger partial charge is 0.245 e. The first-order chi connectivity index (χ1) is 12.4. The Balaban J connectivity index is 2.10. The lowest BCUT2D eigenvalue weighted by Gasteiger charge is -2.34. The highest BCUT2D eigenvalue weighted by atomic mass is 79.9. The van der Waals surface area contributed by atoms with E-state index in [1.165, 1.54) is 0 Å². The second-order valence-electron chi connectivity index (χ2n) is 6.42. The van der Waals surface area contributed by atoms with Crippen LogP contribution < -0.4 is 20.7 Å². The van der Waals surface area contributed by atoms with Gasteiger partial charge >= 0.3 is 0 Å². The maximum absolute atomic E-state index is 13.2. The summed E-state index contributed by atoms with van der Waals surface area (Å²) in [5.74, 6) is 0.0989. The van der Waals surface area contributed by atoms with Gasteiger partial charge in [0.1, 0.15) is 22.8 Å².